The highest BCUT2D eigenvalue weighted by Gasteiger charge is 2.48. The normalized spacial score (nSPS) is 20.7. The van der Waals surface area contributed by atoms with E-state index in [2.05, 4.69) is 4.98 Å². The van der Waals surface area contributed by atoms with Gasteiger partial charge in [-0.2, -0.15) is 0 Å². The molecule has 0 atom stereocenters. The topological polar surface area (TPSA) is 51.7 Å². The van der Waals surface area contributed by atoms with Crippen LogP contribution in [0.15, 0.2) is 24.5 Å². The van der Waals surface area contributed by atoms with Crippen LogP contribution in [-0.4, -0.2) is 40.8 Å². The summed E-state index contributed by atoms with van der Waals surface area (Å²) in [5.41, 5.74) is 1.05. The maximum Gasteiger partial charge on any atom is 0.410 e. The molecular formula is C19H28N2O3. The number of hydrogen-bond acceptors (Lipinski definition) is 4. The van der Waals surface area contributed by atoms with Gasteiger partial charge in [0, 0.05) is 30.9 Å². The predicted molar refractivity (Wildman–Crippen MR) is 91.5 cm³/mol. The first-order valence-corrected chi connectivity index (χ1v) is 8.84. The Labute approximate surface area is 144 Å². The first-order valence-electron chi connectivity index (χ1n) is 8.84. The maximum atomic E-state index is 12.1. The van der Waals surface area contributed by atoms with Crippen LogP contribution in [0.25, 0.3) is 0 Å². The van der Waals surface area contributed by atoms with Gasteiger partial charge in [0.1, 0.15) is 5.60 Å². The minimum atomic E-state index is -0.418. The Hall–Kier alpha value is -1.62. The molecule has 24 heavy (non-hydrogen) atoms. The van der Waals surface area contributed by atoms with Gasteiger partial charge in [0.05, 0.1) is 12.7 Å². The van der Waals surface area contributed by atoms with Crippen molar-refractivity contribution in [2.45, 2.75) is 64.8 Å². The number of hydrogen-bond donors (Lipinski definition) is 0. The van der Waals surface area contributed by atoms with Crippen LogP contribution in [0.3, 0.4) is 0 Å². The number of likely N-dealkylation sites (tertiary alicyclic amines) is 1. The number of pyridine rings is 1. The average Bonchev–Trinajstić information content (AvgIpc) is 2.50. The summed E-state index contributed by atoms with van der Waals surface area (Å²) in [6.07, 6.45) is 8.17. The Kier molecular flexibility index (Phi) is 4.81. The van der Waals surface area contributed by atoms with Crippen LogP contribution >= 0.6 is 0 Å². The molecule has 5 nitrogen and oxygen atoms in total. The monoisotopic (exact) mass is 332 g/mol. The van der Waals surface area contributed by atoms with Gasteiger partial charge < -0.3 is 14.4 Å². The van der Waals surface area contributed by atoms with Crippen LogP contribution in [0.2, 0.25) is 0 Å². The van der Waals surface area contributed by atoms with Gasteiger partial charge in [-0.15, -0.1) is 0 Å². The van der Waals surface area contributed by atoms with Crippen molar-refractivity contribution in [3.8, 4) is 0 Å². The SMILES string of the molecule is CC(C)(C)OC(=O)N1CC2(CCC(OCc3ccncc3)CC2)C1. The summed E-state index contributed by atoms with van der Waals surface area (Å²) in [5, 5.41) is 0. The second-order valence-corrected chi connectivity index (χ2v) is 8.20. The van der Waals surface area contributed by atoms with Crippen molar-refractivity contribution < 1.29 is 14.3 Å². The largest absolute Gasteiger partial charge is 0.444 e. The molecule has 1 saturated carbocycles. The molecule has 5 heteroatoms. The van der Waals surface area contributed by atoms with Crippen LogP contribution < -0.4 is 0 Å². The van der Waals surface area contributed by atoms with Crippen LogP contribution in [-0.2, 0) is 16.1 Å². The van der Waals surface area contributed by atoms with E-state index in [0.717, 1.165) is 38.8 Å². The van der Waals surface area contributed by atoms with Crippen molar-refractivity contribution in [1.82, 2.24) is 9.88 Å². The number of aromatic nitrogens is 1. The second-order valence-electron chi connectivity index (χ2n) is 8.20. The first-order chi connectivity index (χ1) is 11.4. The zero-order valence-electron chi connectivity index (χ0n) is 15.0. The highest BCUT2D eigenvalue weighted by molar-refractivity contribution is 5.69. The third-order valence-electron chi connectivity index (χ3n) is 4.93. The Morgan fingerprint density at radius 3 is 2.46 bits per heavy atom. The van der Waals surface area contributed by atoms with E-state index < -0.39 is 5.60 Å². The van der Waals surface area contributed by atoms with E-state index in [4.69, 9.17) is 9.47 Å². The smallest absolute Gasteiger partial charge is 0.410 e. The second kappa shape index (κ2) is 6.71. The lowest BCUT2D eigenvalue weighted by Crippen LogP contribution is -2.60. The van der Waals surface area contributed by atoms with Gasteiger partial charge in [0.15, 0.2) is 0 Å². The molecule has 1 aromatic heterocycles. The summed E-state index contributed by atoms with van der Waals surface area (Å²) in [6, 6.07) is 3.99. The fourth-order valence-corrected chi connectivity index (χ4v) is 3.60. The van der Waals surface area contributed by atoms with Crippen molar-refractivity contribution in [1.29, 1.82) is 0 Å². The molecule has 0 unspecified atom stereocenters. The van der Waals surface area contributed by atoms with Gasteiger partial charge >= 0.3 is 6.09 Å². The molecule has 1 saturated heterocycles. The molecule has 132 valence electrons. The molecule has 0 aromatic carbocycles. The summed E-state index contributed by atoms with van der Waals surface area (Å²) in [7, 11) is 0. The molecule has 1 aromatic rings. The third kappa shape index (κ3) is 4.26. The van der Waals surface area contributed by atoms with Gasteiger partial charge in [0.2, 0.25) is 0 Å². The Balaban J connectivity index is 1.39. The van der Waals surface area contributed by atoms with Crippen molar-refractivity contribution in [3.05, 3.63) is 30.1 Å². The van der Waals surface area contributed by atoms with E-state index in [1.807, 2.05) is 37.8 Å². The fourth-order valence-electron chi connectivity index (χ4n) is 3.60. The standard InChI is InChI=1S/C19H28N2O3/c1-18(2,3)24-17(22)21-13-19(14-21)8-4-16(5-9-19)23-12-15-6-10-20-11-7-15/h6-7,10-11,16H,4-5,8-9,12-14H2,1-3H3. The molecule has 2 fully saturated rings. The zero-order valence-corrected chi connectivity index (χ0v) is 15.0. The van der Waals surface area contributed by atoms with E-state index >= 15 is 0 Å². The third-order valence-corrected chi connectivity index (χ3v) is 4.93. The molecule has 0 N–H and O–H groups in total. The van der Waals surface area contributed by atoms with Crippen LogP contribution in [0.5, 0.6) is 0 Å². The molecule has 3 rings (SSSR count). The van der Waals surface area contributed by atoms with Gasteiger partial charge in [0.25, 0.3) is 0 Å². The highest BCUT2D eigenvalue weighted by Crippen LogP contribution is 2.45. The summed E-state index contributed by atoms with van der Waals surface area (Å²) in [5.74, 6) is 0. The van der Waals surface area contributed by atoms with Gasteiger partial charge in [-0.3, -0.25) is 4.98 Å². The molecular weight excluding hydrogens is 304 g/mol. The zero-order chi connectivity index (χ0) is 17.2. The Bertz CT molecular complexity index is 552. The lowest BCUT2D eigenvalue weighted by atomic mass is 9.68. The van der Waals surface area contributed by atoms with Crippen molar-refractivity contribution in [2.24, 2.45) is 5.41 Å². The van der Waals surface area contributed by atoms with Crippen molar-refractivity contribution >= 4 is 6.09 Å². The van der Waals surface area contributed by atoms with E-state index in [1.165, 1.54) is 5.56 Å². The first kappa shape index (κ1) is 17.2. The number of carbonyl (C=O) groups is 1. The molecule has 2 heterocycles. The van der Waals surface area contributed by atoms with E-state index in [-0.39, 0.29) is 6.09 Å². The summed E-state index contributed by atoms with van der Waals surface area (Å²) in [6.45, 7) is 8.05. The number of nitrogens with zero attached hydrogens (tertiary/aromatic N) is 2. The van der Waals surface area contributed by atoms with E-state index in [1.54, 1.807) is 12.4 Å². The highest BCUT2D eigenvalue weighted by atomic mass is 16.6. The molecule has 0 bridgehead atoms. The molecule has 0 radical (unpaired) electrons. The van der Waals surface area contributed by atoms with Crippen LogP contribution in [0.4, 0.5) is 4.79 Å². The molecule has 1 aliphatic heterocycles. The molecule has 1 spiro atoms. The quantitative estimate of drug-likeness (QED) is 0.845. The van der Waals surface area contributed by atoms with Gasteiger partial charge in [-0.1, -0.05) is 0 Å². The molecule has 1 aliphatic carbocycles. The number of carbonyl (C=O) groups excluding carboxylic acids is 1. The van der Waals surface area contributed by atoms with E-state index in [0.29, 0.717) is 18.1 Å². The summed E-state index contributed by atoms with van der Waals surface area (Å²) < 4.78 is 11.5. The number of rotatable bonds is 3. The Morgan fingerprint density at radius 1 is 1.25 bits per heavy atom. The van der Waals surface area contributed by atoms with Crippen LogP contribution in [0.1, 0.15) is 52.0 Å². The maximum absolute atomic E-state index is 12.1. The minimum absolute atomic E-state index is 0.177. The van der Waals surface area contributed by atoms with E-state index in [9.17, 15) is 4.79 Å². The minimum Gasteiger partial charge on any atom is -0.444 e. The van der Waals surface area contributed by atoms with Crippen molar-refractivity contribution in [2.75, 3.05) is 13.1 Å². The number of ether oxygens (including phenoxy) is 2. The van der Waals surface area contributed by atoms with Crippen molar-refractivity contribution in [3.63, 3.8) is 0 Å². The predicted octanol–water partition coefficient (Wildman–Crippen LogP) is 3.78. The van der Waals surface area contributed by atoms with Gasteiger partial charge in [-0.25, -0.2) is 4.79 Å². The number of amides is 1. The lowest BCUT2D eigenvalue weighted by Gasteiger charge is -2.53. The molecule has 1 amide bonds. The average molecular weight is 332 g/mol. The molecule has 2 aliphatic rings. The van der Waals surface area contributed by atoms with Gasteiger partial charge in [-0.05, 0) is 64.2 Å². The fraction of sp³-hybridized carbons (Fsp3) is 0.684. The lowest BCUT2D eigenvalue weighted by molar-refractivity contribution is -0.0782. The summed E-state index contributed by atoms with van der Waals surface area (Å²) >= 11 is 0. The Morgan fingerprint density at radius 2 is 1.88 bits per heavy atom. The van der Waals surface area contributed by atoms with Crippen LogP contribution in [0, 0.1) is 5.41 Å². The summed E-state index contributed by atoms with van der Waals surface area (Å²) in [4.78, 5) is 17.9.